The molecule has 1 aliphatic heterocycles. The third kappa shape index (κ3) is 4.54. The van der Waals surface area contributed by atoms with Gasteiger partial charge >= 0.3 is 0 Å². The van der Waals surface area contributed by atoms with Gasteiger partial charge in [0.25, 0.3) is 0 Å². The number of nitrogens with zero attached hydrogens (tertiary/aromatic N) is 3. The third-order valence-electron chi connectivity index (χ3n) is 9.62. The predicted octanol–water partition coefficient (Wildman–Crippen LogP) is 12.0. The Bertz CT molecular complexity index is 2670. The molecule has 0 amide bonds. The van der Waals surface area contributed by atoms with Gasteiger partial charge in [0.2, 0.25) is 0 Å². The third-order valence-corrected chi connectivity index (χ3v) is 9.62. The van der Waals surface area contributed by atoms with Gasteiger partial charge in [0.1, 0.15) is 11.5 Å². The van der Waals surface area contributed by atoms with Gasteiger partial charge in [-0.15, -0.1) is 0 Å². The Labute approximate surface area is 289 Å². The zero-order valence-corrected chi connectivity index (χ0v) is 27.0. The van der Waals surface area contributed by atoms with Crippen LogP contribution in [0.25, 0.3) is 83.6 Å². The molecule has 0 bridgehead atoms. The summed E-state index contributed by atoms with van der Waals surface area (Å²) in [6.07, 6.45) is 0. The molecule has 0 radical (unpaired) electrons. The molecular formula is C46H29N3O. The molecule has 1 aliphatic rings. The highest BCUT2D eigenvalue weighted by Crippen LogP contribution is 2.51. The molecule has 50 heavy (non-hydrogen) atoms. The molecule has 0 saturated carbocycles. The predicted molar refractivity (Wildman–Crippen MR) is 204 cm³/mol. The summed E-state index contributed by atoms with van der Waals surface area (Å²) in [6, 6.07) is 61.2. The van der Waals surface area contributed by atoms with Crippen molar-refractivity contribution in [3.05, 3.63) is 176 Å². The van der Waals surface area contributed by atoms with E-state index in [9.17, 15) is 0 Å². The van der Waals surface area contributed by atoms with Crippen molar-refractivity contribution in [3.63, 3.8) is 0 Å². The lowest BCUT2D eigenvalue weighted by Crippen LogP contribution is -1.99. The Balaban J connectivity index is 1.23. The van der Waals surface area contributed by atoms with Gasteiger partial charge in [0.05, 0.1) is 22.4 Å². The highest BCUT2D eigenvalue weighted by atomic mass is 16.5. The Hall–Kier alpha value is -6.78. The van der Waals surface area contributed by atoms with Gasteiger partial charge in [-0.05, 0) is 53.6 Å². The van der Waals surface area contributed by atoms with E-state index in [-0.39, 0.29) is 0 Å². The molecule has 7 aromatic carbocycles. The van der Waals surface area contributed by atoms with Crippen LogP contribution in [0.2, 0.25) is 0 Å². The summed E-state index contributed by atoms with van der Waals surface area (Å²) in [4.78, 5) is 10.3. The summed E-state index contributed by atoms with van der Waals surface area (Å²) in [5, 5.41) is 2.35. The quantitative estimate of drug-likeness (QED) is 0.192. The minimum absolute atomic E-state index is 0.677. The number of hydrogen-bond donors (Lipinski definition) is 0. The van der Waals surface area contributed by atoms with E-state index in [0.29, 0.717) is 5.82 Å². The number of rotatable bonds is 4. The van der Waals surface area contributed by atoms with Crippen molar-refractivity contribution in [2.45, 2.75) is 0 Å². The van der Waals surface area contributed by atoms with Crippen LogP contribution in [0.15, 0.2) is 176 Å². The lowest BCUT2D eigenvalue weighted by atomic mass is 9.93. The second-order valence-electron chi connectivity index (χ2n) is 12.6. The van der Waals surface area contributed by atoms with E-state index >= 15 is 0 Å². The number of fused-ring (bicyclic) bond motifs is 9. The number of para-hydroxylation sites is 2. The minimum atomic E-state index is 0.677. The van der Waals surface area contributed by atoms with Crippen molar-refractivity contribution < 1.29 is 4.74 Å². The fourth-order valence-corrected chi connectivity index (χ4v) is 7.36. The summed E-state index contributed by atoms with van der Waals surface area (Å²) in [5.74, 6) is 2.37. The van der Waals surface area contributed by atoms with Crippen molar-refractivity contribution in [2.75, 3.05) is 0 Å². The number of benzene rings is 7. The topological polar surface area (TPSA) is 39.9 Å². The van der Waals surface area contributed by atoms with Crippen LogP contribution in [0.4, 0.5) is 0 Å². The first-order chi connectivity index (χ1) is 24.8. The standard InChI is InChI=1S/C46H29N3O/c1-3-14-30(15-4-1)39-29-40(31-16-5-2-6-17-31)48-46(47-39)32-18-13-19-33(28-32)49-41-24-11-9-21-35(41)38-26-27-43-44(45(38)49)37-23-8-7-20-34(37)36-22-10-12-25-42(36)50-43/h1-29H. The zero-order valence-electron chi connectivity index (χ0n) is 27.0. The van der Waals surface area contributed by atoms with Gasteiger partial charge in [-0.1, -0.05) is 133 Å². The second-order valence-corrected chi connectivity index (χ2v) is 12.6. The SMILES string of the molecule is c1ccc(-c2cc(-c3ccccc3)nc(-c3cccc(-n4c5ccccc5c5ccc6c(c54)-c4ccccc4-c4ccccc4O6)c3)n2)cc1. The molecule has 234 valence electrons. The van der Waals surface area contributed by atoms with Crippen LogP contribution in [-0.2, 0) is 0 Å². The fourth-order valence-electron chi connectivity index (χ4n) is 7.36. The van der Waals surface area contributed by atoms with E-state index in [0.717, 1.165) is 78.6 Å². The summed E-state index contributed by atoms with van der Waals surface area (Å²) < 4.78 is 9.13. The molecule has 10 rings (SSSR count). The van der Waals surface area contributed by atoms with Crippen molar-refractivity contribution >= 4 is 21.8 Å². The van der Waals surface area contributed by atoms with E-state index in [1.807, 2.05) is 42.5 Å². The molecule has 0 saturated heterocycles. The van der Waals surface area contributed by atoms with Gasteiger partial charge in [-0.25, -0.2) is 9.97 Å². The maximum atomic E-state index is 6.75. The number of hydrogen-bond acceptors (Lipinski definition) is 3. The lowest BCUT2D eigenvalue weighted by molar-refractivity contribution is 0.488. The Kier molecular flexibility index (Phi) is 6.46. The molecule has 9 aromatic rings. The van der Waals surface area contributed by atoms with E-state index in [4.69, 9.17) is 14.7 Å². The Morgan fingerprint density at radius 1 is 0.420 bits per heavy atom. The summed E-state index contributed by atoms with van der Waals surface area (Å²) in [6.45, 7) is 0. The zero-order chi connectivity index (χ0) is 33.0. The van der Waals surface area contributed by atoms with Crippen LogP contribution < -0.4 is 4.74 Å². The normalized spacial score (nSPS) is 11.8. The van der Waals surface area contributed by atoms with Crippen LogP contribution in [0.1, 0.15) is 0 Å². The Morgan fingerprint density at radius 2 is 1.04 bits per heavy atom. The first-order valence-electron chi connectivity index (χ1n) is 16.8. The van der Waals surface area contributed by atoms with Crippen molar-refractivity contribution in [1.82, 2.24) is 14.5 Å². The first-order valence-corrected chi connectivity index (χ1v) is 16.8. The molecule has 3 heterocycles. The van der Waals surface area contributed by atoms with Crippen LogP contribution in [0, 0.1) is 0 Å². The van der Waals surface area contributed by atoms with E-state index in [2.05, 4.69) is 138 Å². The van der Waals surface area contributed by atoms with Crippen LogP contribution in [-0.4, -0.2) is 14.5 Å². The molecular weight excluding hydrogens is 611 g/mol. The van der Waals surface area contributed by atoms with Gasteiger partial charge in [0.15, 0.2) is 5.82 Å². The Morgan fingerprint density at radius 3 is 1.80 bits per heavy atom. The molecule has 2 aromatic heterocycles. The monoisotopic (exact) mass is 639 g/mol. The molecule has 0 spiro atoms. The highest BCUT2D eigenvalue weighted by Gasteiger charge is 2.26. The maximum Gasteiger partial charge on any atom is 0.160 e. The lowest BCUT2D eigenvalue weighted by Gasteiger charge is -2.16. The molecule has 0 aliphatic carbocycles. The first kappa shape index (κ1) is 28.3. The van der Waals surface area contributed by atoms with Crippen molar-refractivity contribution in [3.8, 4) is 73.3 Å². The van der Waals surface area contributed by atoms with Crippen LogP contribution in [0.3, 0.4) is 0 Å². The summed E-state index contributed by atoms with van der Waals surface area (Å²) in [5.41, 5.74) is 12.5. The minimum Gasteiger partial charge on any atom is -0.456 e. The van der Waals surface area contributed by atoms with Crippen molar-refractivity contribution in [1.29, 1.82) is 0 Å². The highest BCUT2D eigenvalue weighted by molar-refractivity contribution is 6.16. The van der Waals surface area contributed by atoms with E-state index in [1.54, 1.807) is 0 Å². The van der Waals surface area contributed by atoms with Gasteiger partial charge in [-0.2, -0.15) is 0 Å². The van der Waals surface area contributed by atoms with Crippen molar-refractivity contribution in [2.24, 2.45) is 0 Å². The van der Waals surface area contributed by atoms with E-state index < -0.39 is 0 Å². The molecule has 0 atom stereocenters. The van der Waals surface area contributed by atoms with Crippen LogP contribution in [0.5, 0.6) is 11.5 Å². The average Bonchev–Trinajstić information content (AvgIpc) is 3.45. The summed E-state index contributed by atoms with van der Waals surface area (Å²) >= 11 is 0. The molecule has 0 unspecified atom stereocenters. The van der Waals surface area contributed by atoms with E-state index in [1.165, 1.54) is 10.8 Å². The smallest absolute Gasteiger partial charge is 0.160 e. The second kappa shape index (κ2) is 11.4. The number of ether oxygens (including phenoxy) is 1. The van der Waals surface area contributed by atoms with Gasteiger partial charge in [0, 0.05) is 44.3 Å². The maximum absolute atomic E-state index is 6.75. The molecule has 0 N–H and O–H groups in total. The number of aromatic nitrogens is 3. The van der Waals surface area contributed by atoms with Gasteiger partial charge < -0.3 is 9.30 Å². The fraction of sp³-hybridized carbons (Fsp3) is 0. The molecule has 4 nitrogen and oxygen atoms in total. The summed E-state index contributed by atoms with van der Waals surface area (Å²) in [7, 11) is 0. The largest absolute Gasteiger partial charge is 0.456 e. The van der Waals surface area contributed by atoms with Crippen LogP contribution >= 0.6 is 0 Å². The molecule has 4 heteroatoms. The average molecular weight is 640 g/mol. The molecule has 0 fully saturated rings. The van der Waals surface area contributed by atoms with Gasteiger partial charge in [-0.3, -0.25) is 0 Å².